The smallest absolute Gasteiger partial charge is 0.450 e. The number of rotatable bonds is 43. The van der Waals surface area contributed by atoms with Crippen LogP contribution in [-0.2, 0) is 117 Å². The summed E-state index contributed by atoms with van der Waals surface area (Å²) in [6.45, 7) is 21.4. The first-order chi connectivity index (χ1) is 53.6. The summed E-state index contributed by atoms with van der Waals surface area (Å²) in [5.41, 5.74) is 12.3. The van der Waals surface area contributed by atoms with Crippen LogP contribution in [-0.4, -0.2) is 211 Å². The number of nitrogens with two attached hydrogens (primary N) is 1. The Morgan fingerprint density at radius 2 is 1.56 bits per heavy atom. The summed E-state index contributed by atoms with van der Waals surface area (Å²) in [6, 6.07) is 13.4. The van der Waals surface area contributed by atoms with Gasteiger partial charge in [-0.3, -0.25) is 18.7 Å². The molecular weight excluding hydrogens is 1670 g/mol. The fourth-order valence-electron chi connectivity index (χ4n) is 12.0. The highest BCUT2D eigenvalue weighted by molar-refractivity contribution is 8.77. The molecule has 4 aliphatic heterocycles. The number of anilines is 1. The standard InChI is InChI=1S/C40H55N3O6S.C30H48N5O18P3S4.O3S/c1-7-26-48-28-29-49-27-24-41-38(44)21-13-10-16-25-43-35-23-22-31(50(45,46)47)30-33(35)40(5,6)37(43)20-12-9-11-19-36-39(3,4)32-17-14-15-18-34(32)42(36)8-2;1-30(2,9-13-48-28(37)32-3)59-58-18-46-11-5-6-12-47-29(38)33-10-7-8-20-16-35(27-26(20)21(36)14-24(31)34-27)25-15-22(49-19-60(4)57)23(51-25)17-50-55(42,43)53-56(44,45)52-54(39,40)41;1-4(2)3/h9,11-12,14-15,17-20,22-23,30H,7-8,10,13,16,21,24-29H2,1-6H3,(H-,41,44,45,46,47);16,22-23,25H,5-6,9-15,17-19H2,1-4H3,(H2,31,34)(H,32,37)(H,33,38)(H,42,43)(H,44,45)(H2,39,40,41);/p+1/t;22-,23-,25-,60?;/m.1./s1. The molecule has 10 N–H and O–H groups in total. The molecule has 3 aromatic rings. The number of carbonyl (C=O) groups is 4. The van der Waals surface area contributed by atoms with Crippen LogP contribution >= 0.6 is 45.1 Å². The number of para-hydroxylation sites is 1. The number of hydrogen-bond donors (Lipinski definition) is 9. The molecule has 3 amide bonds. The zero-order chi connectivity index (χ0) is 84.7. The molecule has 2 aromatic carbocycles. The Hall–Kier alpha value is -5.87. The van der Waals surface area contributed by atoms with Gasteiger partial charge in [0, 0.05) is 98.1 Å². The van der Waals surface area contributed by atoms with Crippen LogP contribution in [0.25, 0.3) is 0 Å². The van der Waals surface area contributed by atoms with Gasteiger partial charge in [0.2, 0.25) is 11.6 Å². The largest absolute Gasteiger partial charge is 0.490 e. The minimum Gasteiger partial charge on any atom is -0.450 e. The highest BCUT2D eigenvalue weighted by Gasteiger charge is 2.47. The van der Waals surface area contributed by atoms with Crippen molar-refractivity contribution in [2.75, 3.05) is 109 Å². The van der Waals surface area contributed by atoms with Gasteiger partial charge in [0.05, 0.1) is 86.1 Å². The molecule has 114 heavy (non-hydrogen) atoms. The molecule has 0 radical (unpaired) electrons. The van der Waals surface area contributed by atoms with Gasteiger partial charge >= 0.3 is 46.3 Å². The van der Waals surface area contributed by atoms with E-state index in [4.69, 9.17) is 77.0 Å². The lowest BCUT2D eigenvalue weighted by Crippen LogP contribution is -2.29. The van der Waals surface area contributed by atoms with E-state index in [2.05, 4.69) is 135 Å². The number of unbranched alkanes of at least 4 members (excludes halogenated alkanes) is 3. The van der Waals surface area contributed by atoms with E-state index < -0.39 is 96.3 Å². The lowest BCUT2D eigenvalue weighted by atomic mass is 9.81. The second kappa shape index (κ2) is 47.1. The third-order valence-corrected chi connectivity index (χ3v) is 25.7. The molecule has 0 saturated carbocycles. The van der Waals surface area contributed by atoms with Gasteiger partial charge in [-0.1, -0.05) is 100 Å². The SMILES string of the molecule is CCCOCCOCCNC(=O)CCCCC[N+]1=C(/C=C/C=C/C=C2\N(CC)c3ccccc3C2(C)C)C(C)(C)c2cc(S(=O)(=O)O)ccc21.CNC(=O)OCCC(C)(C)SSCOCCCCOC(=O)NCC#Cc1cn([C@H]2C[C@@H](OCS(C)=S)[C@@H](COP(=O)(O)OP(=O)(O)OP(=O)(O)O)O2)c2c1C(=O)CC(N)=N2.O=S(=O)=O. The molecular formula is C70H104N8O27P3S6+. The Morgan fingerprint density at radius 1 is 0.868 bits per heavy atom. The monoisotopic (exact) mass is 1770 g/mol. The van der Waals surface area contributed by atoms with Crippen molar-refractivity contribution in [3.63, 3.8) is 0 Å². The summed E-state index contributed by atoms with van der Waals surface area (Å²) in [5.74, 6) is 5.89. The number of hydrogen-bond acceptors (Lipinski definition) is 28. The number of fused-ring (bicyclic) bond motifs is 3. The Kier molecular flexibility index (Phi) is 40.7. The number of alkyl carbamates (subject to hydrolysis) is 2. The molecule has 0 bridgehead atoms. The first-order valence-electron chi connectivity index (χ1n) is 36.0. The number of phosphoric ester groups is 1. The lowest BCUT2D eigenvalue weighted by molar-refractivity contribution is -0.438. The number of benzene rings is 2. The number of aromatic nitrogens is 1. The average molecular weight is 1770 g/mol. The third kappa shape index (κ3) is 33.1. The van der Waals surface area contributed by atoms with E-state index in [0.29, 0.717) is 77.7 Å². The predicted octanol–water partition coefficient (Wildman–Crippen LogP) is 9.72. The molecule has 44 heteroatoms. The van der Waals surface area contributed by atoms with Crippen LogP contribution in [0.2, 0.25) is 0 Å². The molecule has 0 aliphatic carbocycles. The molecule has 6 atom stereocenters. The Morgan fingerprint density at radius 3 is 2.24 bits per heavy atom. The predicted molar refractivity (Wildman–Crippen MR) is 435 cm³/mol. The lowest BCUT2D eigenvalue weighted by Gasteiger charge is -2.25. The molecule has 4 aliphatic rings. The molecule has 3 unspecified atom stereocenters. The number of nitrogens with one attached hydrogen (secondary N) is 3. The van der Waals surface area contributed by atoms with Gasteiger partial charge < -0.3 is 83.9 Å². The van der Waals surface area contributed by atoms with Crippen molar-refractivity contribution >= 4 is 139 Å². The number of likely N-dealkylation sites (N-methyl/N-ethyl adjacent to an activating group) is 1. The first kappa shape index (κ1) is 98.7. The number of allylic oxidation sites excluding steroid dienone is 6. The number of aliphatic imine (C=N–C) groups is 1. The topological polar surface area (TPSA) is 484 Å². The van der Waals surface area contributed by atoms with E-state index in [1.807, 2.05) is 26.0 Å². The van der Waals surface area contributed by atoms with E-state index in [9.17, 15) is 55.6 Å². The molecule has 7 rings (SSSR count). The van der Waals surface area contributed by atoms with Crippen molar-refractivity contribution in [2.45, 2.75) is 159 Å². The molecule has 5 heterocycles. The van der Waals surface area contributed by atoms with Crippen molar-refractivity contribution < 1.29 is 129 Å². The van der Waals surface area contributed by atoms with Gasteiger partial charge in [0.1, 0.15) is 36.5 Å². The van der Waals surface area contributed by atoms with E-state index in [0.717, 1.165) is 55.8 Å². The van der Waals surface area contributed by atoms with Crippen LogP contribution in [0.15, 0.2) is 94.6 Å². The highest BCUT2D eigenvalue weighted by Crippen LogP contribution is 2.66. The number of Topliss-reactive ketones (excluding diaryl/α,β-unsaturated/α-hetero) is 1. The molecule has 1 saturated heterocycles. The number of ether oxygens (including phenoxy) is 7. The number of phosphoric acid groups is 3. The van der Waals surface area contributed by atoms with Crippen molar-refractivity contribution in [1.29, 1.82) is 0 Å². The van der Waals surface area contributed by atoms with E-state index in [1.54, 1.807) is 40.0 Å². The van der Waals surface area contributed by atoms with Gasteiger partial charge in [0.15, 0.2) is 11.5 Å². The fraction of sp³-hybridized carbons (Fsp3) is 0.571. The van der Waals surface area contributed by atoms with Crippen molar-refractivity contribution in [2.24, 2.45) is 10.7 Å². The van der Waals surface area contributed by atoms with E-state index in [1.165, 1.54) is 40.8 Å². The van der Waals surface area contributed by atoms with Crippen LogP contribution < -0.4 is 26.6 Å². The number of amides is 3. The zero-order valence-corrected chi connectivity index (χ0v) is 72.7. The second-order valence-electron chi connectivity index (χ2n) is 27.2. The first-order valence-corrected chi connectivity index (χ1v) is 48.0. The highest BCUT2D eigenvalue weighted by atomic mass is 33.1. The minimum absolute atomic E-state index is 0.0126. The summed E-state index contributed by atoms with van der Waals surface area (Å²) in [4.78, 5) is 92.5. The number of amidine groups is 1. The van der Waals surface area contributed by atoms with Gasteiger partial charge in [-0.25, -0.2) is 28.3 Å². The van der Waals surface area contributed by atoms with Crippen molar-refractivity contribution in [3.05, 3.63) is 107 Å². The van der Waals surface area contributed by atoms with E-state index >= 15 is 0 Å². The maximum absolute atomic E-state index is 13.1. The second-order valence-corrected chi connectivity index (χ2v) is 39.5. The van der Waals surface area contributed by atoms with Gasteiger partial charge in [-0.15, -0.1) is 12.6 Å². The van der Waals surface area contributed by atoms with Crippen LogP contribution in [0.3, 0.4) is 0 Å². The maximum Gasteiger partial charge on any atom is 0.490 e. The van der Waals surface area contributed by atoms with Crippen LogP contribution in [0.4, 0.5) is 26.8 Å². The molecule has 35 nitrogen and oxygen atoms in total. The summed E-state index contributed by atoms with van der Waals surface area (Å²) in [6.07, 6.45) is 15.2. The minimum atomic E-state index is -5.76. The fourth-order valence-corrected chi connectivity index (χ4v) is 18.3. The number of ketones is 1. The summed E-state index contributed by atoms with van der Waals surface area (Å²) in [5, 5.41) is 7.84. The normalized spacial score (nSPS) is 18.6. The summed E-state index contributed by atoms with van der Waals surface area (Å²) in [7, 11) is -20.3. The van der Waals surface area contributed by atoms with Gasteiger partial charge in [-0.2, -0.15) is 21.6 Å². The van der Waals surface area contributed by atoms with Gasteiger partial charge in [0.25, 0.3) is 10.1 Å². The summed E-state index contributed by atoms with van der Waals surface area (Å²) < 4.78 is 149. The van der Waals surface area contributed by atoms with Crippen molar-refractivity contribution in [1.82, 2.24) is 20.5 Å². The van der Waals surface area contributed by atoms with Crippen LogP contribution in [0, 0.1) is 11.8 Å². The molecule has 1 aromatic heterocycles. The average Bonchev–Trinajstić information content (AvgIpc) is 1.63. The summed E-state index contributed by atoms with van der Waals surface area (Å²) >= 11 is 5.20. The third-order valence-electron chi connectivity index (χ3n) is 17.2. The number of carbonyl (C=O) groups excluding carboxylic acids is 4. The Labute approximate surface area is 681 Å². The van der Waals surface area contributed by atoms with Crippen LogP contribution in [0.1, 0.15) is 153 Å². The maximum atomic E-state index is 13.1. The Bertz CT molecular complexity index is 4440. The zero-order valence-electron chi connectivity index (χ0n) is 65.1. The quantitative estimate of drug-likeness (QED) is 0.00372. The molecule has 636 valence electrons. The number of nitrogens with zero attached hydrogens (tertiary/aromatic N) is 4. The van der Waals surface area contributed by atoms with Crippen molar-refractivity contribution in [3.8, 4) is 11.8 Å². The van der Waals surface area contributed by atoms with Gasteiger partial charge in [-0.05, 0) is 120 Å². The Balaban J connectivity index is 0.000000394. The van der Waals surface area contributed by atoms with E-state index in [-0.39, 0.29) is 81.5 Å². The molecule has 0 spiro atoms. The van der Waals surface area contributed by atoms with Crippen LogP contribution in [0.5, 0.6) is 0 Å². The molecule has 1 fully saturated rings.